The molecule has 0 radical (unpaired) electrons. The first-order chi connectivity index (χ1) is 12.3. The number of hydrogen-bond donors (Lipinski definition) is 3. The average molecular weight is 377 g/mol. The molecule has 0 saturated heterocycles. The minimum Gasteiger partial charge on any atom is -0.483 e. The summed E-state index contributed by atoms with van der Waals surface area (Å²) in [7, 11) is -3.94. The highest BCUT2D eigenvalue weighted by Gasteiger charge is 2.15. The number of aryl methyl sites for hydroxylation is 1. The van der Waals surface area contributed by atoms with E-state index in [4.69, 9.17) is 4.74 Å². The van der Waals surface area contributed by atoms with Crippen molar-refractivity contribution in [3.63, 3.8) is 0 Å². The molecule has 0 aliphatic carbocycles. The second-order valence-electron chi connectivity index (χ2n) is 5.41. The Morgan fingerprint density at radius 3 is 2.31 bits per heavy atom. The van der Waals surface area contributed by atoms with Crippen molar-refractivity contribution in [2.45, 2.75) is 18.7 Å². The van der Waals surface area contributed by atoms with Crippen molar-refractivity contribution >= 4 is 27.5 Å². The lowest BCUT2D eigenvalue weighted by molar-refractivity contribution is -0.123. The second kappa shape index (κ2) is 8.45. The van der Waals surface area contributed by atoms with Crippen molar-refractivity contribution in [2.75, 3.05) is 11.9 Å². The van der Waals surface area contributed by atoms with Gasteiger partial charge in [0, 0.05) is 12.6 Å². The Hall–Kier alpha value is -2.91. The molecule has 0 atom stereocenters. The number of anilines is 1. The Kier molecular flexibility index (Phi) is 6.31. The summed E-state index contributed by atoms with van der Waals surface area (Å²) in [4.78, 5) is 24.7. The zero-order chi connectivity index (χ0) is 19.2. The molecule has 0 fully saturated rings. The van der Waals surface area contributed by atoms with Crippen LogP contribution < -0.4 is 20.3 Å². The number of hydrogen-bond acceptors (Lipinski definition) is 5. The lowest BCUT2D eigenvalue weighted by atomic mass is 10.2. The Morgan fingerprint density at radius 2 is 1.69 bits per heavy atom. The molecule has 0 unspecified atom stereocenters. The summed E-state index contributed by atoms with van der Waals surface area (Å²) in [6.45, 7) is 2.84. The smallest absolute Gasteiger partial charge is 0.272 e. The first-order valence-corrected chi connectivity index (χ1v) is 9.13. The molecule has 0 bridgehead atoms. The number of carbonyl (C=O) groups excluding carboxylic acids is 2. The van der Waals surface area contributed by atoms with Gasteiger partial charge in [-0.1, -0.05) is 18.2 Å². The molecule has 0 aliphatic heterocycles. The van der Waals surface area contributed by atoms with Crippen LogP contribution >= 0.6 is 0 Å². The number of benzene rings is 2. The third-order valence-electron chi connectivity index (χ3n) is 3.26. The maximum absolute atomic E-state index is 12.1. The molecule has 2 aromatic carbocycles. The van der Waals surface area contributed by atoms with Gasteiger partial charge < -0.3 is 10.1 Å². The largest absolute Gasteiger partial charge is 0.483 e. The van der Waals surface area contributed by atoms with E-state index >= 15 is 0 Å². The number of carbonyl (C=O) groups is 2. The first-order valence-electron chi connectivity index (χ1n) is 7.64. The highest BCUT2D eigenvalue weighted by molar-refractivity contribution is 7.89. The predicted molar refractivity (Wildman–Crippen MR) is 95.9 cm³/mol. The number of rotatable bonds is 7. The van der Waals surface area contributed by atoms with Crippen molar-refractivity contribution in [2.24, 2.45) is 0 Å². The molecule has 2 amide bonds. The number of para-hydroxylation sites is 1. The third kappa shape index (κ3) is 5.57. The zero-order valence-corrected chi connectivity index (χ0v) is 15.1. The lowest BCUT2D eigenvalue weighted by Gasteiger charge is -2.11. The lowest BCUT2D eigenvalue weighted by Crippen LogP contribution is -2.43. The van der Waals surface area contributed by atoms with Crippen LogP contribution in [-0.2, 0) is 19.6 Å². The van der Waals surface area contributed by atoms with Gasteiger partial charge in [0.25, 0.3) is 15.9 Å². The topological polar surface area (TPSA) is 114 Å². The van der Waals surface area contributed by atoms with Crippen LogP contribution in [0.1, 0.15) is 12.5 Å². The molecule has 2 rings (SSSR count). The summed E-state index contributed by atoms with van der Waals surface area (Å²) >= 11 is 0. The first kappa shape index (κ1) is 19.4. The third-order valence-corrected chi connectivity index (χ3v) is 4.53. The number of hydrazine groups is 1. The standard InChI is InChI=1S/C17H19N3O5S/c1-12-5-3-4-6-16(12)25-11-17(22)19-20-26(23,24)15-9-7-14(8-10-15)18-13(2)21/h3-10,20H,11H2,1-2H3,(H,18,21)(H,19,22). The molecule has 0 aromatic heterocycles. The molecular formula is C17H19N3O5S. The van der Waals surface area contributed by atoms with E-state index < -0.39 is 15.9 Å². The van der Waals surface area contributed by atoms with Gasteiger partial charge in [-0.05, 0) is 42.8 Å². The summed E-state index contributed by atoms with van der Waals surface area (Å²) in [5.74, 6) is -0.370. The average Bonchev–Trinajstić information content (AvgIpc) is 2.59. The van der Waals surface area contributed by atoms with Gasteiger partial charge in [0.05, 0.1) is 4.90 Å². The van der Waals surface area contributed by atoms with Crippen molar-refractivity contribution in [3.05, 3.63) is 54.1 Å². The highest BCUT2D eigenvalue weighted by Crippen LogP contribution is 2.16. The van der Waals surface area contributed by atoms with Crippen molar-refractivity contribution in [3.8, 4) is 5.75 Å². The van der Waals surface area contributed by atoms with Gasteiger partial charge in [-0.25, -0.2) is 8.42 Å². The minimum atomic E-state index is -3.94. The Balaban J connectivity index is 1.89. The molecule has 0 heterocycles. The predicted octanol–water partition coefficient (Wildman–Crippen LogP) is 1.34. The summed E-state index contributed by atoms with van der Waals surface area (Å²) in [5, 5.41) is 2.53. The number of amides is 2. The maximum Gasteiger partial charge on any atom is 0.272 e. The van der Waals surface area contributed by atoms with Gasteiger partial charge in [-0.15, -0.1) is 4.83 Å². The van der Waals surface area contributed by atoms with Crippen LogP contribution in [0, 0.1) is 6.92 Å². The molecule has 8 nitrogen and oxygen atoms in total. The van der Waals surface area contributed by atoms with Gasteiger partial charge in [-0.2, -0.15) is 0 Å². The van der Waals surface area contributed by atoms with Gasteiger partial charge in [0.15, 0.2) is 6.61 Å². The molecule has 3 N–H and O–H groups in total. The maximum atomic E-state index is 12.1. The fourth-order valence-electron chi connectivity index (χ4n) is 2.00. The van der Waals surface area contributed by atoms with Crippen LogP contribution in [0.25, 0.3) is 0 Å². The van der Waals surface area contributed by atoms with E-state index in [1.54, 1.807) is 12.1 Å². The minimum absolute atomic E-state index is 0.0632. The van der Waals surface area contributed by atoms with Crippen LogP contribution in [0.4, 0.5) is 5.69 Å². The van der Waals surface area contributed by atoms with Gasteiger partial charge in [0.2, 0.25) is 5.91 Å². The molecule has 9 heteroatoms. The van der Waals surface area contributed by atoms with Crippen LogP contribution in [0.15, 0.2) is 53.4 Å². The molecule has 2 aromatic rings. The Morgan fingerprint density at radius 1 is 1.04 bits per heavy atom. The van der Waals surface area contributed by atoms with E-state index in [2.05, 4.69) is 10.7 Å². The van der Waals surface area contributed by atoms with E-state index in [1.165, 1.54) is 31.2 Å². The van der Waals surface area contributed by atoms with Crippen LogP contribution in [0.5, 0.6) is 5.75 Å². The number of nitrogens with one attached hydrogen (secondary N) is 3. The zero-order valence-electron chi connectivity index (χ0n) is 14.3. The fraction of sp³-hybridized carbons (Fsp3) is 0.176. The van der Waals surface area contributed by atoms with Gasteiger partial charge >= 0.3 is 0 Å². The molecule has 0 spiro atoms. The van der Waals surface area contributed by atoms with Crippen molar-refractivity contribution < 1.29 is 22.7 Å². The molecule has 26 heavy (non-hydrogen) atoms. The molecule has 0 saturated carbocycles. The fourth-order valence-corrected chi connectivity index (χ4v) is 2.86. The second-order valence-corrected chi connectivity index (χ2v) is 7.10. The van der Waals surface area contributed by atoms with Crippen molar-refractivity contribution in [1.82, 2.24) is 10.3 Å². The Bertz CT molecular complexity index is 895. The van der Waals surface area contributed by atoms with Crippen LogP contribution in [0.3, 0.4) is 0 Å². The summed E-state index contributed by atoms with van der Waals surface area (Å²) in [6.07, 6.45) is 0. The van der Waals surface area contributed by atoms with E-state index in [-0.39, 0.29) is 17.4 Å². The van der Waals surface area contributed by atoms with E-state index in [0.29, 0.717) is 11.4 Å². The van der Waals surface area contributed by atoms with Crippen molar-refractivity contribution in [1.29, 1.82) is 0 Å². The van der Waals surface area contributed by atoms with E-state index in [0.717, 1.165) is 5.56 Å². The summed E-state index contributed by atoms with van der Waals surface area (Å²) in [6, 6.07) is 12.7. The quantitative estimate of drug-likeness (QED) is 0.630. The molecule has 0 aliphatic rings. The van der Waals surface area contributed by atoms with E-state index in [9.17, 15) is 18.0 Å². The summed E-state index contributed by atoms with van der Waals surface area (Å²) in [5.41, 5.74) is 3.41. The molecular weight excluding hydrogens is 358 g/mol. The number of ether oxygens (including phenoxy) is 1. The molecule has 138 valence electrons. The Labute approximate surface area is 151 Å². The summed E-state index contributed by atoms with van der Waals surface area (Å²) < 4.78 is 29.6. The SMILES string of the molecule is CC(=O)Nc1ccc(S(=O)(=O)NNC(=O)COc2ccccc2C)cc1. The van der Waals surface area contributed by atoms with E-state index in [1.807, 2.05) is 23.9 Å². The van der Waals surface area contributed by atoms with Gasteiger partial charge in [-0.3, -0.25) is 15.0 Å². The van der Waals surface area contributed by atoms with Crippen LogP contribution in [-0.4, -0.2) is 26.8 Å². The van der Waals surface area contributed by atoms with Crippen LogP contribution in [0.2, 0.25) is 0 Å². The monoisotopic (exact) mass is 377 g/mol. The number of sulfonamides is 1. The normalized spacial score (nSPS) is 10.8. The highest BCUT2D eigenvalue weighted by atomic mass is 32.2. The van der Waals surface area contributed by atoms with Gasteiger partial charge in [0.1, 0.15) is 5.75 Å².